The van der Waals surface area contributed by atoms with Gasteiger partial charge in [-0.3, -0.25) is 4.79 Å². The van der Waals surface area contributed by atoms with Gasteiger partial charge >= 0.3 is 0 Å². The molecule has 0 saturated heterocycles. The molecule has 3 nitrogen and oxygen atoms in total. The molecule has 3 N–H and O–H groups in total. The highest BCUT2D eigenvalue weighted by molar-refractivity contribution is 5.82. The number of rotatable bonds is 5. The summed E-state index contributed by atoms with van der Waals surface area (Å²) in [6, 6.07) is 2.10. The zero-order valence-corrected chi connectivity index (χ0v) is 11.4. The number of hydrogen-bond donors (Lipinski definition) is 2. The first kappa shape index (κ1) is 15.6. The van der Waals surface area contributed by atoms with Crippen molar-refractivity contribution in [1.29, 1.82) is 0 Å². The summed E-state index contributed by atoms with van der Waals surface area (Å²) in [4.78, 5) is 11.9. The second-order valence-electron chi connectivity index (χ2n) is 4.81. The van der Waals surface area contributed by atoms with E-state index in [1.165, 1.54) is 6.07 Å². The molecule has 0 aliphatic rings. The van der Waals surface area contributed by atoms with Gasteiger partial charge in [0.15, 0.2) is 0 Å². The molecule has 1 rings (SSSR count). The zero-order valence-electron chi connectivity index (χ0n) is 11.4. The summed E-state index contributed by atoms with van der Waals surface area (Å²) >= 11 is 0. The number of benzene rings is 1. The SMILES string of the molecule is CC[C@H](C)[C@@H](N)C(=O)N[C@H](C)c1ccc(F)cc1F. The number of amides is 1. The second kappa shape index (κ2) is 6.61. The molecule has 0 fully saturated rings. The quantitative estimate of drug-likeness (QED) is 0.863. The average molecular weight is 270 g/mol. The standard InChI is InChI=1S/C14H20F2N2O/c1-4-8(2)13(17)14(19)18-9(3)11-6-5-10(15)7-12(11)16/h5-9,13H,4,17H2,1-3H3,(H,18,19)/t8-,9+,13+/m0/s1. The summed E-state index contributed by atoms with van der Waals surface area (Å²) in [6.07, 6.45) is 0.786. The molecule has 0 spiro atoms. The number of carbonyl (C=O) groups is 1. The Morgan fingerprint density at radius 3 is 2.53 bits per heavy atom. The van der Waals surface area contributed by atoms with Gasteiger partial charge in [0, 0.05) is 11.6 Å². The van der Waals surface area contributed by atoms with Crippen LogP contribution in [-0.2, 0) is 4.79 Å². The topological polar surface area (TPSA) is 55.1 Å². The van der Waals surface area contributed by atoms with Crippen LogP contribution in [0.15, 0.2) is 18.2 Å². The van der Waals surface area contributed by atoms with E-state index in [0.717, 1.165) is 18.6 Å². The molecule has 0 aliphatic carbocycles. The Bertz CT molecular complexity index is 451. The second-order valence-corrected chi connectivity index (χ2v) is 4.81. The van der Waals surface area contributed by atoms with Crippen molar-refractivity contribution in [3.63, 3.8) is 0 Å². The van der Waals surface area contributed by atoms with Gasteiger partial charge in [0.25, 0.3) is 0 Å². The van der Waals surface area contributed by atoms with Crippen LogP contribution in [0.3, 0.4) is 0 Å². The van der Waals surface area contributed by atoms with Gasteiger partial charge in [-0.2, -0.15) is 0 Å². The number of hydrogen-bond acceptors (Lipinski definition) is 2. The van der Waals surface area contributed by atoms with Gasteiger partial charge in [0.05, 0.1) is 12.1 Å². The van der Waals surface area contributed by atoms with Crippen LogP contribution in [0.25, 0.3) is 0 Å². The minimum Gasteiger partial charge on any atom is -0.348 e. The Morgan fingerprint density at radius 1 is 1.37 bits per heavy atom. The van der Waals surface area contributed by atoms with Crippen LogP contribution in [0.5, 0.6) is 0 Å². The average Bonchev–Trinajstić information content (AvgIpc) is 2.36. The lowest BCUT2D eigenvalue weighted by Gasteiger charge is -2.21. The van der Waals surface area contributed by atoms with E-state index in [-0.39, 0.29) is 17.4 Å². The molecule has 0 bridgehead atoms. The third-order valence-electron chi connectivity index (χ3n) is 3.35. The molecule has 106 valence electrons. The lowest BCUT2D eigenvalue weighted by molar-refractivity contribution is -0.124. The summed E-state index contributed by atoms with van der Waals surface area (Å²) in [5.41, 5.74) is 6.04. The van der Waals surface area contributed by atoms with Gasteiger partial charge in [-0.15, -0.1) is 0 Å². The van der Waals surface area contributed by atoms with Crippen molar-refractivity contribution in [2.45, 2.75) is 39.3 Å². The van der Waals surface area contributed by atoms with E-state index in [9.17, 15) is 13.6 Å². The largest absolute Gasteiger partial charge is 0.348 e. The van der Waals surface area contributed by atoms with Crippen LogP contribution in [0.4, 0.5) is 8.78 Å². The summed E-state index contributed by atoms with van der Waals surface area (Å²) in [5, 5.41) is 2.65. The first-order chi connectivity index (χ1) is 8.86. The summed E-state index contributed by atoms with van der Waals surface area (Å²) < 4.78 is 26.4. The maximum Gasteiger partial charge on any atom is 0.237 e. The highest BCUT2D eigenvalue weighted by Gasteiger charge is 2.22. The Hall–Kier alpha value is -1.49. The number of nitrogens with one attached hydrogen (secondary N) is 1. The van der Waals surface area contributed by atoms with Crippen molar-refractivity contribution in [2.75, 3.05) is 0 Å². The van der Waals surface area contributed by atoms with E-state index in [0.29, 0.717) is 0 Å². The molecule has 0 radical (unpaired) electrons. The molecular weight excluding hydrogens is 250 g/mol. The molecule has 0 heterocycles. The van der Waals surface area contributed by atoms with Crippen LogP contribution in [0, 0.1) is 17.6 Å². The third kappa shape index (κ3) is 3.99. The molecular formula is C14H20F2N2O. The Kier molecular flexibility index (Phi) is 5.42. The number of carbonyl (C=O) groups excluding carboxylic acids is 1. The molecule has 3 atom stereocenters. The molecule has 0 unspecified atom stereocenters. The molecule has 0 saturated carbocycles. The normalized spacial score (nSPS) is 15.7. The van der Waals surface area contributed by atoms with Gasteiger partial charge < -0.3 is 11.1 Å². The zero-order chi connectivity index (χ0) is 14.6. The molecule has 0 aromatic heterocycles. The first-order valence-corrected chi connectivity index (χ1v) is 6.37. The van der Waals surface area contributed by atoms with Crippen LogP contribution in [-0.4, -0.2) is 11.9 Å². The number of halogens is 2. The molecule has 0 aliphatic heterocycles. The molecule has 1 amide bonds. The summed E-state index contributed by atoms with van der Waals surface area (Å²) in [7, 11) is 0. The highest BCUT2D eigenvalue weighted by atomic mass is 19.1. The summed E-state index contributed by atoms with van der Waals surface area (Å²) in [6.45, 7) is 5.46. The van der Waals surface area contributed by atoms with Crippen molar-refractivity contribution >= 4 is 5.91 Å². The van der Waals surface area contributed by atoms with Crippen molar-refractivity contribution in [2.24, 2.45) is 11.7 Å². The minimum absolute atomic E-state index is 0.0465. The highest BCUT2D eigenvalue weighted by Crippen LogP contribution is 2.18. The van der Waals surface area contributed by atoms with E-state index in [4.69, 9.17) is 5.73 Å². The van der Waals surface area contributed by atoms with E-state index < -0.39 is 23.7 Å². The smallest absolute Gasteiger partial charge is 0.237 e. The molecule has 1 aromatic rings. The predicted octanol–water partition coefficient (Wildman–Crippen LogP) is 2.52. The maximum atomic E-state index is 13.6. The minimum atomic E-state index is -0.676. The van der Waals surface area contributed by atoms with E-state index in [1.54, 1.807) is 6.92 Å². The number of nitrogens with two attached hydrogens (primary N) is 1. The van der Waals surface area contributed by atoms with Gasteiger partial charge in [-0.1, -0.05) is 26.3 Å². The monoisotopic (exact) mass is 270 g/mol. The van der Waals surface area contributed by atoms with Crippen molar-refractivity contribution < 1.29 is 13.6 Å². The maximum absolute atomic E-state index is 13.6. The molecule has 19 heavy (non-hydrogen) atoms. The van der Waals surface area contributed by atoms with Gasteiger partial charge in [0.2, 0.25) is 5.91 Å². The van der Waals surface area contributed by atoms with Crippen LogP contribution in [0.1, 0.15) is 38.8 Å². The Labute approximate surface area is 112 Å². The Balaban J connectivity index is 2.74. The molecule has 1 aromatic carbocycles. The Morgan fingerprint density at radius 2 is 2.00 bits per heavy atom. The summed E-state index contributed by atoms with van der Waals surface area (Å²) in [5.74, 6) is -1.60. The first-order valence-electron chi connectivity index (χ1n) is 6.37. The molecule has 5 heteroatoms. The van der Waals surface area contributed by atoms with Crippen molar-refractivity contribution in [1.82, 2.24) is 5.32 Å². The van der Waals surface area contributed by atoms with E-state index in [2.05, 4.69) is 5.32 Å². The fraction of sp³-hybridized carbons (Fsp3) is 0.500. The van der Waals surface area contributed by atoms with E-state index in [1.807, 2.05) is 13.8 Å². The van der Waals surface area contributed by atoms with Crippen LogP contribution in [0.2, 0.25) is 0 Å². The lowest BCUT2D eigenvalue weighted by Crippen LogP contribution is -2.45. The fourth-order valence-electron chi connectivity index (χ4n) is 1.75. The van der Waals surface area contributed by atoms with Gasteiger partial charge in [-0.25, -0.2) is 8.78 Å². The fourth-order valence-corrected chi connectivity index (χ4v) is 1.75. The lowest BCUT2D eigenvalue weighted by atomic mass is 9.98. The third-order valence-corrected chi connectivity index (χ3v) is 3.35. The van der Waals surface area contributed by atoms with Crippen LogP contribution < -0.4 is 11.1 Å². The van der Waals surface area contributed by atoms with Crippen molar-refractivity contribution in [3.8, 4) is 0 Å². The van der Waals surface area contributed by atoms with Crippen LogP contribution >= 0.6 is 0 Å². The predicted molar refractivity (Wildman–Crippen MR) is 70.3 cm³/mol. The van der Waals surface area contributed by atoms with Gasteiger partial charge in [-0.05, 0) is 18.9 Å². The van der Waals surface area contributed by atoms with Crippen molar-refractivity contribution in [3.05, 3.63) is 35.4 Å². The van der Waals surface area contributed by atoms with E-state index >= 15 is 0 Å². The van der Waals surface area contributed by atoms with Gasteiger partial charge in [0.1, 0.15) is 11.6 Å².